The van der Waals surface area contributed by atoms with E-state index in [0.29, 0.717) is 0 Å². The molecule has 4 nitrogen and oxygen atoms in total. The Kier molecular flexibility index (Phi) is 7.15. The lowest BCUT2D eigenvalue weighted by Crippen LogP contribution is -2.33. The van der Waals surface area contributed by atoms with Gasteiger partial charge in [0.2, 0.25) is 0 Å². The zero-order valence-electron chi connectivity index (χ0n) is 32.0. The van der Waals surface area contributed by atoms with Crippen molar-refractivity contribution >= 4 is 60.6 Å². The molecule has 1 N–H and O–H groups in total. The van der Waals surface area contributed by atoms with Crippen LogP contribution < -0.4 is 5.32 Å². The minimum absolute atomic E-state index is 0.230. The highest BCUT2D eigenvalue weighted by Gasteiger charge is 2.44. The van der Waals surface area contributed by atoms with E-state index in [1.807, 2.05) is 12.1 Å². The average molecular weight is 743 g/mol. The molecule has 4 heteroatoms. The average Bonchev–Trinajstić information content (AvgIpc) is 3.78. The molecule has 9 aromatic rings. The van der Waals surface area contributed by atoms with Gasteiger partial charge < -0.3 is 9.88 Å². The molecule has 2 aliphatic heterocycles. The van der Waals surface area contributed by atoms with Gasteiger partial charge in [-0.15, -0.1) is 0 Å². The molecule has 0 fully saturated rings. The first-order valence-corrected chi connectivity index (χ1v) is 20.2. The lowest BCUT2D eigenvalue weighted by Gasteiger charge is -2.34. The molecular formula is C54H38N4. The predicted molar refractivity (Wildman–Crippen MR) is 242 cm³/mol. The smallest absolute Gasteiger partial charge is 0.160 e. The van der Waals surface area contributed by atoms with Crippen molar-refractivity contribution in [3.05, 3.63) is 222 Å². The van der Waals surface area contributed by atoms with Gasteiger partial charge in [-0.2, -0.15) is 0 Å². The predicted octanol–water partition coefficient (Wildman–Crippen LogP) is 12.7. The van der Waals surface area contributed by atoms with E-state index in [9.17, 15) is 0 Å². The molecule has 3 atom stereocenters. The number of hydrogen-bond acceptors (Lipinski definition) is 3. The summed E-state index contributed by atoms with van der Waals surface area (Å²) in [5.74, 6) is 1.80. The molecule has 0 amide bonds. The van der Waals surface area contributed by atoms with Crippen molar-refractivity contribution in [2.75, 3.05) is 0 Å². The molecule has 12 rings (SSSR count). The van der Waals surface area contributed by atoms with Crippen LogP contribution in [0.2, 0.25) is 0 Å². The van der Waals surface area contributed by atoms with Crippen molar-refractivity contribution in [2.24, 2.45) is 9.98 Å². The highest BCUT2D eigenvalue weighted by Crippen LogP contribution is 2.54. The van der Waals surface area contributed by atoms with Crippen LogP contribution in [-0.4, -0.2) is 16.2 Å². The normalized spacial score (nSPS) is 19.6. The summed E-state index contributed by atoms with van der Waals surface area (Å²) in [6.45, 7) is 2.40. The van der Waals surface area contributed by atoms with Crippen LogP contribution in [0.15, 0.2) is 204 Å². The summed E-state index contributed by atoms with van der Waals surface area (Å²) in [6, 6.07) is 63.2. The Morgan fingerprint density at radius 3 is 1.88 bits per heavy atom. The van der Waals surface area contributed by atoms with E-state index >= 15 is 0 Å². The van der Waals surface area contributed by atoms with E-state index in [2.05, 4.69) is 199 Å². The lowest BCUT2D eigenvalue weighted by molar-refractivity contribution is 0.415. The number of nitrogens with one attached hydrogen (secondary N) is 1. The van der Waals surface area contributed by atoms with Crippen LogP contribution in [-0.2, 0) is 5.54 Å². The van der Waals surface area contributed by atoms with Crippen LogP contribution in [0.25, 0.3) is 60.1 Å². The molecular weight excluding hydrogens is 705 g/mol. The van der Waals surface area contributed by atoms with E-state index in [4.69, 9.17) is 9.98 Å². The molecule has 0 spiro atoms. The molecule has 58 heavy (non-hydrogen) atoms. The standard InChI is InChI=1S/C54H38N4/c1-54-33-38(31-32-46(54)45-25-14-24-44-41-21-12-13-26-47(41)58(54)50(44)45)34-27-29-35(30-28-34)48-42-22-10-8-19-39(42)40-20-9-11-23-43(40)49(48)53-56-51(36-15-4-2-5-16-36)55-52(57-53)37-17-6-3-7-18-37/h2-33,46,51H,1H3,(H,55,56,57). The van der Waals surface area contributed by atoms with Crippen LogP contribution >= 0.6 is 0 Å². The zero-order valence-corrected chi connectivity index (χ0v) is 32.0. The van der Waals surface area contributed by atoms with Crippen LogP contribution in [0.5, 0.6) is 0 Å². The second kappa shape index (κ2) is 12.6. The third-order valence-corrected chi connectivity index (χ3v) is 12.7. The van der Waals surface area contributed by atoms with Crippen molar-refractivity contribution in [2.45, 2.75) is 24.5 Å². The van der Waals surface area contributed by atoms with Gasteiger partial charge in [-0.1, -0.05) is 188 Å². The monoisotopic (exact) mass is 742 g/mol. The van der Waals surface area contributed by atoms with Crippen molar-refractivity contribution in [3.8, 4) is 11.1 Å². The van der Waals surface area contributed by atoms with E-state index in [0.717, 1.165) is 44.9 Å². The Hall–Kier alpha value is -7.30. The van der Waals surface area contributed by atoms with Gasteiger partial charge in [-0.05, 0) is 62.4 Å². The Morgan fingerprint density at radius 1 is 0.534 bits per heavy atom. The number of amidine groups is 2. The van der Waals surface area contributed by atoms with E-state index in [1.165, 1.54) is 54.7 Å². The third kappa shape index (κ3) is 4.81. The van der Waals surface area contributed by atoms with Gasteiger partial charge in [0.1, 0.15) is 12.0 Å². The summed E-state index contributed by atoms with van der Waals surface area (Å²) < 4.78 is 2.59. The fourth-order valence-corrected chi connectivity index (χ4v) is 10.1. The van der Waals surface area contributed by atoms with Gasteiger partial charge in [-0.25, -0.2) is 9.98 Å². The Balaban J connectivity index is 1.04. The molecule has 0 bridgehead atoms. The van der Waals surface area contributed by atoms with Crippen LogP contribution in [0.3, 0.4) is 0 Å². The summed E-state index contributed by atoms with van der Waals surface area (Å²) in [5.41, 5.74) is 11.7. The van der Waals surface area contributed by atoms with Crippen LogP contribution in [0, 0.1) is 0 Å². The first kappa shape index (κ1) is 32.9. The second-order valence-electron chi connectivity index (χ2n) is 15.9. The summed E-state index contributed by atoms with van der Waals surface area (Å²) in [7, 11) is 0. The van der Waals surface area contributed by atoms with Crippen molar-refractivity contribution in [1.82, 2.24) is 9.88 Å². The maximum atomic E-state index is 5.42. The maximum absolute atomic E-state index is 5.42. The molecule has 0 radical (unpaired) electrons. The summed E-state index contributed by atoms with van der Waals surface area (Å²) in [6.07, 6.45) is 6.96. The number of nitrogens with zero attached hydrogens (tertiary/aromatic N) is 3. The first-order chi connectivity index (χ1) is 28.6. The molecule has 0 saturated heterocycles. The molecule has 3 aliphatic rings. The second-order valence-corrected chi connectivity index (χ2v) is 15.9. The minimum atomic E-state index is -0.306. The molecule has 1 aromatic heterocycles. The fourth-order valence-electron chi connectivity index (χ4n) is 10.1. The SMILES string of the molecule is CC12C=C(c3ccc(-c4c(C5=NC(c6ccccc6)NC(c6ccccc6)=N5)c5ccccc5c5ccccc45)cc3)C=CC1c1cccc3c4ccccc4n2c13. The number of rotatable bonds is 5. The molecule has 0 saturated carbocycles. The summed E-state index contributed by atoms with van der Waals surface area (Å²) >= 11 is 0. The van der Waals surface area contributed by atoms with Gasteiger partial charge >= 0.3 is 0 Å². The number of benzene rings is 8. The minimum Gasteiger partial charge on any atom is -0.344 e. The molecule has 274 valence electrons. The topological polar surface area (TPSA) is 41.7 Å². The fraction of sp³-hybridized carbons (Fsp3) is 0.0741. The van der Waals surface area contributed by atoms with Crippen molar-refractivity contribution in [3.63, 3.8) is 0 Å². The maximum Gasteiger partial charge on any atom is 0.160 e. The molecule has 1 aliphatic carbocycles. The first-order valence-electron chi connectivity index (χ1n) is 20.2. The van der Waals surface area contributed by atoms with Crippen LogP contribution in [0.1, 0.15) is 46.8 Å². The number of para-hydroxylation sites is 2. The number of aliphatic imine (C=N–C) groups is 2. The number of fused-ring (bicyclic) bond motifs is 9. The van der Waals surface area contributed by atoms with Gasteiger partial charge in [0.25, 0.3) is 0 Å². The van der Waals surface area contributed by atoms with E-state index < -0.39 is 0 Å². The zero-order chi connectivity index (χ0) is 38.4. The van der Waals surface area contributed by atoms with Crippen LogP contribution in [0.4, 0.5) is 0 Å². The Morgan fingerprint density at radius 2 is 1.14 bits per heavy atom. The van der Waals surface area contributed by atoms with E-state index in [1.54, 1.807) is 0 Å². The van der Waals surface area contributed by atoms with Crippen molar-refractivity contribution < 1.29 is 0 Å². The summed E-state index contributed by atoms with van der Waals surface area (Å²) in [5, 5.41) is 11.0. The highest BCUT2D eigenvalue weighted by molar-refractivity contribution is 6.27. The highest BCUT2D eigenvalue weighted by atomic mass is 15.2. The number of aromatic nitrogens is 1. The Labute approximate surface area is 336 Å². The quantitative estimate of drug-likeness (QED) is 0.175. The van der Waals surface area contributed by atoms with Crippen molar-refractivity contribution in [1.29, 1.82) is 0 Å². The number of allylic oxidation sites excluding steroid dienone is 4. The molecule has 3 unspecified atom stereocenters. The third-order valence-electron chi connectivity index (χ3n) is 12.7. The molecule has 8 aromatic carbocycles. The summed E-state index contributed by atoms with van der Waals surface area (Å²) in [4.78, 5) is 10.8. The van der Waals surface area contributed by atoms with E-state index in [-0.39, 0.29) is 17.6 Å². The van der Waals surface area contributed by atoms with Gasteiger partial charge in [0, 0.05) is 38.9 Å². The largest absolute Gasteiger partial charge is 0.344 e. The van der Waals surface area contributed by atoms with Gasteiger partial charge in [0.15, 0.2) is 5.84 Å². The number of hydrogen-bond donors (Lipinski definition) is 1. The van der Waals surface area contributed by atoms with Gasteiger partial charge in [-0.3, -0.25) is 0 Å². The molecule has 3 heterocycles. The lowest BCUT2D eigenvalue weighted by atomic mass is 9.77. The Bertz CT molecular complexity index is 3260. The van der Waals surface area contributed by atoms with Gasteiger partial charge in [0.05, 0.1) is 11.1 Å².